The molecule has 0 fully saturated rings. The lowest BCUT2D eigenvalue weighted by molar-refractivity contribution is -0.0498. The van der Waals surface area contributed by atoms with E-state index in [9.17, 15) is 13.2 Å². The zero-order chi connectivity index (χ0) is 15.2. The topological polar surface area (TPSA) is 21.3 Å². The summed E-state index contributed by atoms with van der Waals surface area (Å²) in [5, 5.41) is 3.10. The molecule has 21 heavy (non-hydrogen) atoms. The van der Waals surface area contributed by atoms with Crippen LogP contribution in [0.25, 0.3) is 0 Å². The summed E-state index contributed by atoms with van der Waals surface area (Å²) in [4.78, 5) is 0. The van der Waals surface area contributed by atoms with Gasteiger partial charge in [-0.1, -0.05) is 30.3 Å². The van der Waals surface area contributed by atoms with Crippen LogP contribution in [0.4, 0.5) is 13.2 Å². The fraction of sp³-hybridized carbons (Fsp3) is 0.250. The quantitative estimate of drug-likeness (QED) is 0.872. The first-order valence-corrected chi connectivity index (χ1v) is 6.55. The van der Waals surface area contributed by atoms with Gasteiger partial charge in [-0.3, -0.25) is 0 Å². The number of nitrogens with one attached hydrogen (secondary N) is 1. The van der Waals surface area contributed by atoms with Crippen LogP contribution in [-0.4, -0.2) is 13.7 Å². The third-order valence-electron chi connectivity index (χ3n) is 3.24. The van der Waals surface area contributed by atoms with E-state index < -0.39 is 6.61 Å². The van der Waals surface area contributed by atoms with Crippen LogP contribution in [-0.2, 0) is 6.42 Å². The summed E-state index contributed by atoms with van der Waals surface area (Å²) in [7, 11) is 1.77. The zero-order valence-corrected chi connectivity index (χ0v) is 11.5. The van der Waals surface area contributed by atoms with Crippen LogP contribution in [0.5, 0.6) is 5.75 Å². The first kappa shape index (κ1) is 15.4. The molecule has 0 aliphatic rings. The Hall–Kier alpha value is -2.01. The molecule has 1 N–H and O–H groups in total. The highest BCUT2D eigenvalue weighted by Gasteiger charge is 2.13. The molecule has 0 spiro atoms. The van der Waals surface area contributed by atoms with Crippen molar-refractivity contribution in [1.82, 2.24) is 5.32 Å². The largest absolute Gasteiger partial charge is 0.435 e. The maximum absolute atomic E-state index is 13.7. The number of ether oxygens (including phenoxy) is 1. The molecule has 0 aromatic heterocycles. The SMILES string of the molecule is CNC(Cc1ccccc1F)c1ccc(OC(F)F)cc1. The van der Waals surface area contributed by atoms with Gasteiger partial charge in [0.05, 0.1) is 0 Å². The molecule has 0 saturated carbocycles. The molecule has 0 bridgehead atoms. The Morgan fingerprint density at radius 1 is 1.05 bits per heavy atom. The highest BCUT2D eigenvalue weighted by atomic mass is 19.3. The van der Waals surface area contributed by atoms with E-state index in [1.54, 1.807) is 37.4 Å². The summed E-state index contributed by atoms with van der Waals surface area (Å²) in [5.41, 5.74) is 1.48. The highest BCUT2D eigenvalue weighted by molar-refractivity contribution is 5.31. The van der Waals surface area contributed by atoms with Gasteiger partial charge >= 0.3 is 6.61 Å². The van der Waals surface area contributed by atoms with Crippen molar-refractivity contribution in [3.63, 3.8) is 0 Å². The average molecular weight is 295 g/mol. The predicted molar refractivity (Wildman–Crippen MR) is 75.0 cm³/mol. The van der Waals surface area contributed by atoms with Crippen LogP contribution in [0, 0.1) is 5.82 Å². The highest BCUT2D eigenvalue weighted by Crippen LogP contribution is 2.23. The van der Waals surface area contributed by atoms with E-state index in [-0.39, 0.29) is 17.6 Å². The Balaban J connectivity index is 2.12. The number of halogens is 3. The van der Waals surface area contributed by atoms with Gasteiger partial charge in [0.1, 0.15) is 11.6 Å². The van der Waals surface area contributed by atoms with Gasteiger partial charge in [-0.15, -0.1) is 0 Å². The summed E-state index contributed by atoms with van der Waals surface area (Å²) < 4.78 is 42.2. The van der Waals surface area contributed by atoms with Crippen molar-refractivity contribution in [3.8, 4) is 5.75 Å². The Morgan fingerprint density at radius 3 is 2.29 bits per heavy atom. The minimum Gasteiger partial charge on any atom is -0.435 e. The van der Waals surface area contributed by atoms with Crippen LogP contribution < -0.4 is 10.1 Å². The summed E-state index contributed by atoms with van der Waals surface area (Å²) >= 11 is 0. The fourth-order valence-electron chi connectivity index (χ4n) is 2.15. The number of hydrogen-bond donors (Lipinski definition) is 1. The number of alkyl halides is 2. The van der Waals surface area contributed by atoms with Crippen LogP contribution in [0.2, 0.25) is 0 Å². The molecular weight excluding hydrogens is 279 g/mol. The van der Waals surface area contributed by atoms with Gasteiger partial charge in [0.25, 0.3) is 0 Å². The lowest BCUT2D eigenvalue weighted by Crippen LogP contribution is -2.19. The minimum absolute atomic E-state index is 0.106. The van der Waals surface area contributed by atoms with E-state index in [0.717, 1.165) is 5.56 Å². The molecule has 2 rings (SSSR count). The second-order valence-electron chi connectivity index (χ2n) is 4.58. The van der Waals surface area contributed by atoms with Crippen molar-refractivity contribution in [2.75, 3.05) is 7.05 Å². The number of hydrogen-bond acceptors (Lipinski definition) is 2. The van der Waals surface area contributed by atoms with E-state index in [2.05, 4.69) is 10.1 Å². The third kappa shape index (κ3) is 4.23. The van der Waals surface area contributed by atoms with Crippen LogP contribution in [0.1, 0.15) is 17.2 Å². The summed E-state index contributed by atoms with van der Waals surface area (Å²) in [5.74, 6) is -0.148. The molecule has 0 aliphatic carbocycles. The second-order valence-corrected chi connectivity index (χ2v) is 4.58. The Kier molecular flexibility index (Phi) is 5.22. The molecule has 0 heterocycles. The summed E-state index contributed by atoms with van der Waals surface area (Å²) in [6.07, 6.45) is 0.470. The third-order valence-corrected chi connectivity index (χ3v) is 3.24. The first-order chi connectivity index (χ1) is 10.1. The summed E-state index contributed by atoms with van der Waals surface area (Å²) in [6, 6.07) is 12.8. The van der Waals surface area contributed by atoms with Crippen molar-refractivity contribution in [1.29, 1.82) is 0 Å². The van der Waals surface area contributed by atoms with Gasteiger partial charge < -0.3 is 10.1 Å². The molecule has 112 valence electrons. The van der Waals surface area contributed by atoms with E-state index in [0.29, 0.717) is 12.0 Å². The maximum Gasteiger partial charge on any atom is 0.387 e. The van der Waals surface area contributed by atoms with Gasteiger partial charge in [0.15, 0.2) is 0 Å². The molecule has 5 heteroatoms. The number of rotatable bonds is 6. The number of likely N-dealkylation sites (N-methyl/N-ethyl adjacent to an activating group) is 1. The molecule has 2 nitrogen and oxygen atoms in total. The van der Waals surface area contributed by atoms with E-state index >= 15 is 0 Å². The van der Waals surface area contributed by atoms with Crippen LogP contribution in [0.15, 0.2) is 48.5 Å². The second kappa shape index (κ2) is 7.13. The molecule has 2 aromatic carbocycles. The molecule has 0 radical (unpaired) electrons. The van der Waals surface area contributed by atoms with E-state index in [4.69, 9.17) is 0 Å². The lowest BCUT2D eigenvalue weighted by atomic mass is 9.98. The molecule has 1 unspecified atom stereocenters. The first-order valence-electron chi connectivity index (χ1n) is 6.55. The molecule has 2 aromatic rings. The molecular formula is C16H16F3NO. The lowest BCUT2D eigenvalue weighted by Gasteiger charge is -2.17. The maximum atomic E-state index is 13.7. The minimum atomic E-state index is -2.84. The van der Waals surface area contributed by atoms with Gasteiger partial charge in [0.2, 0.25) is 0 Å². The van der Waals surface area contributed by atoms with Crippen molar-refractivity contribution in [2.24, 2.45) is 0 Å². The van der Waals surface area contributed by atoms with E-state index in [1.165, 1.54) is 18.2 Å². The van der Waals surface area contributed by atoms with Crippen molar-refractivity contribution < 1.29 is 17.9 Å². The molecule has 0 amide bonds. The molecule has 0 saturated heterocycles. The smallest absolute Gasteiger partial charge is 0.387 e. The van der Waals surface area contributed by atoms with Crippen molar-refractivity contribution >= 4 is 0 Å². The molecule has 0 aliphatic heterocycles. The Bertz CT molecular complexity index is 572. The standard InChI is InChI=1S/C16H16F3NO/c1-20-15(10-12-4-2-3-5-14(12)17)11-6-8-13(9-7-11)21-16(18)19/h2-9,15-16,20H,10H2,1H3. The average Bonchev–Trinajstić information content (AvgIpc) is 2.47. The molecule has 1 atom stereocenters. The number of benzene rings is 2. The fourth-order valence-corrected chi connectivity index (χ4v) is 2.15. The Morgan fingerprint density at radius 2 is 1.71 bits per heavy atom. The normalized spacial score (nSPS) is 12.4. The summed E-state index contributed by atoms with van der Waals surface area (Å²) in [6.45, 7) is -2.84. The Labute approximate surface area is 121 Å². The monoisotopic (exact) mass is 295 g/mol. The van der Waals surface area contributed by atoms with Gasteiger partial charge in [-0.05, 0) is 42.8 Å². The van der Waals surface area contributed by atoms with Gasteiger partial charge in [0, 0.05) is 6.04 Å². The zero-order valence-electron chi connectivity index (χ0n) is 11.5. The van der Waals surface area contributed by atoms with Crippen molar-refractivity contribution in [3.05, 3.63) is 65.5 Å². The van der Waals surface area contributed by atoms with Crippen LogP contribution >= 0.6 is 0 Å². The van der Waals surface area contributed by atoms with Crippen LogP contribution in [0.3, 0.4) is 0 Å². The predicted octanol–water partition coefficient (Wildman–Crippen LogP) is 3.93. The van der Waals surface area contributed by atoms with Gasteiger partial charge in [-0.25, -0.2) is 4.39 Å². The van der Waals surface area contributed by atoms with E-state index in [1.807, 2.05) is 0 Å². The van der Waals surface area contributed by atoms with Gasteiger partial charge in [-0.2, -0.15) is 8.78 Å². The van der Waals surface area contributed by atoms with Crippen molar-refractivity contribution in [2.45, 2.75) is 19.1 Å².